The molecule has 3 heteroatoms. The average molecular weight is 208 g/mol. The zero-order chi connectivity index (χ0) is 11.3. The molecule has 0 aliphatic heterocycles. The molecule has 1 unspecified atom stereocenters. The molecule has 1 heterocycles. The van der Waals surface area contributed by atoms with Gasteiger partial charge in [0.25, 0.3) is 0 Å². The molecule has 0 bridgehead atoms. The molecule has 3 nitrogen and oxygen atoms in total. The Bertz CT molecular complexity index is 299. The van der Waals surface area contributed by atoms with Crippen LogP contribution in [0.25, 0.3) is 0 Å². The van der Waals surface area contributed by atoms with E-state index in [4.69, 9.17) is 10.5 Å². The van der Waals surface area contributed by atoms with Gasteiger partial charge in [-0.25, -0.2) is 4.98 Å². The molecular weight excluding hydrogens is 188 g/mol. The van der Waals surface area contributed by atoms with Crippen molar-refractivity contribution in [3.63, 3.8) is 0 Å². The molecule has 0 aliphatic rings. The molecule has 1 aromatic heterocycles. The highest BCUT2D eigenvalue weighted by Gasteiger charge is 2.09. The molecule has 0 saturated carbocycles. The van der Waals surface area contributed by atoms with Crippen molar-refractivity contribution in [3.05, 3.63) is 23.9 Å². The van der Waals surface area contributed by atoms with Crippen molar-refractivity contribution >= 4 is 0 Å². The van der Waals surface area contributed by atoms with Crippen LogP contribution >= 0.6 is 0 Å². The molecule has 1 aromatic rings. The second-order valence-electron chi connectivity index (χ2n) is 4.01. The van der Waals surface area contributed by atoms with Gasteiger partial charge in [-0.2, -0.15) is 0 Å². The van der Waals surface area contributed by atoms with E-state index in [1.165, 1.54) is 0 Å². The van der Waals surface area contributed by atoms with Crippen molar-refractivity contribution in [2.75, 3.05) is 0 Å². The van der Waals surface area contributed by atoms with Gasteiger partial charge in [0.2, 0.25) is 5.88 Å². The van der Waals surface area contributed by atoms with Gasteiger partial charge in [0, 0.05) is 17.8 Å². The minimum atomic E-state index is 0.150. The Kier molecular flexibility index (Phi) is 4.56. The quantitative estimate of drug-likeness (QED) is 0.806. The van der Waals surface area contributed by atoms with Crippen LogP contribution in [0.15, 0.2) is 18.3 Å². The minimum absolute atomic E-state index is 0.150. The number of aromatic nitrogens is 1. The first kappa shape index (κ1) is 12.0. The second-order valence-corrected chi connectivity index (χ2v) is 4.01. The lowest BCUT2D eigenvalue weighted by Crippen LogP contribution is -2.22. The summed E-state index contributed by atoms with van der Waals surface area (Å²) in [5, 5.41) is 0. The van der Waals surface area contributed by atoms with Gasteiger partial charge in [0.05, 0.1) is 6.10 Å². The summed E-state index contributed by atoms with van der Waals surface area (Å²) in [5.41, 5.74) is 7.02. The largest absolute Gasteiger partial charge is 0.475 e. The fraction of sp³-hybridized carbons (Fsp3) is 0.583. The van der Waals surface area contributed by atoms with Crippen LogP contribution in [0.5, 0.6) is 5.88 Å². The predicted molar refractivity (Wildman–Crippen MR) is 62.0 cm³/mol. The molecule has 0 fully saturated rings. The highest BCUT2D eigenvalue weighted by atomic mass is 16.5. The summed E-state index contributed by atoms with van der Waals surface area (Å²) in [6.07, 6.45) is 3.69. The van der Waals surface area contributed by atoms with Crippen LogP contribution in [0.2, 0.25) is 0 Å². The predicted octanol–water partition coefficient (Wildman–Crippen LogP) is 2.15. The molecule has 2 N–H and O–H groups in total. The first-order valence-corrected chi connectivity index (χ1v) is 5.49. The number of hydrogen-bond acceptors (Lipinski definition) is 3. The summed E-state index contributed by atoms with van der Waals surface area (Å²) in [5.74, 6) is 0.719. The number of hydrogen-bond donors (Lipinski definition) is 1. The van der Waals surface area contributed by atoms with Crippen molar-refractivity contribution in [1.82, 2.24) is 4.98 Å². The van der Waals surface area contributed by atoms with Gasteiger partial charge >= 0.3 is 0 Å². The van der Waals surface area contributed by atoms with Crippen LogP contribution in [0.4, 0.5) is 0 Å². The van der Waals surface area contributed by atoms with Gasteiger partial charge in [-0.15, -0.1) is 0 Å². The van der Waals surface area contributed by atoms with Crippen LogP contribution in [0.1, 0.15) is 32.8 Å². The fourth-order valence-corrected chi connectivity index (χ4v) is 1.34. The molecule has 0 saturated heterocycles. The van der Waals surface area contributed by atoms with Gasteiger partial charge in [0.15, 0.2) is 0 Å². The SMILES string of the molecule is CCC(N)Cc1cccnc1OC(C)C. The first-order chi connectivity index (χ1) is 7.13. The molecule has 15 heavy (non-hydrogen) atoms. The van der Waals surface area contributed by atoms with Gasteiger partial charge in [-0.3, -0.25) is 0 Å². The summed E-state index contributed by atoms with van der Waals surface area (Å²) < 4.78 is 5.62. The van der Waals surface area contributed by atoms with Crippen LogP contribution in [-0.4, -0.2) is 17.1 Å². The zero-order valence-corrected chi connectivity index (χ0v) is 9.73. The van der Waals surface area contributed by atoms with E-state index in [-0.39, 0.29) is 12.1 Å². The Labute approximate surface area is 91.7 Å². The highest BCUT2D eigenvalue weighted by Crippen LogP contribution is 2.17. The Balaban J connectivity index is 2.76. The summed E-state index contributed by atoms with van der Waals surface area (Å²) in [4.78, 5) is 4.23. The molecule has 0 aliphatic carbocycles. The Morgan fingerprint density at radius 2 is 2.20 bits per heavy atom. The molecule has 1 rings (SSSR count). The van der Waals surface area contributed by atoms with Gasteiger partial charge in [-0.05, 0) is 32.8 Å². The van der Waals surface area contributed by atoms with E-state index in [9.17, 15) is 0 Å². The van der Waals surface area contributed by atoms with Gasteiger partial charge in [-0.1, -0.05) is 13.0 Å². The standard InChI is InChI=1S/C12H20N2O/c1-4-11(13)8-10-6-5-7-14-12(10)15-9(2)3/h5-7,9,11H,4,8,13H2,1-3H3. The third kappa shape index (κ3) is 3.88. The molecule has 0 spiro atoms. The lowest BCUT2D eigenvalue weighted by molar-refractivity contribution is 0.229. The van der Waals surface area contributed by atoms with Crippen LogP contribution in [0.3, 0.4) is 0 Å². The summed E-state index contributed by atoms with van der Waals surface area (Å²) in [6, 6.07) is 4.13. The highest BCUT2D eigenvalue weighted by molar-refractivity contribution is 5.26. The fourth-order valence-electron chi connectivity index (χ4n) is 1.34. The van der Waals surface area contributed by atoms with E-state index < -0.39 is 0 Å². The van der Waals surface area contributed by atoms with Crippen LogP contribution < -0.4 is 10.5 Å². The van der Waals surface area contributed by atoms with Crippen molar-refractivity contribution in [2.45, 2.75) is 45.8 Å². The number of ether oxygens (including phenoxy) is 1. The number of pyridine rings is 1. The lowest BCUT2D eigenvalue weighted by atomic mass is 10.1. The maximum Gasteiger partial charge on any atom is 0.216 e. The van der Waals surface area contributed by atoms with Crippen molar-refractivity contribution in [1.29, 1.82) is 0 Å². The second kappa shape index (κ2) is 5.71. The maximum atomic E-state index is 5.92. The molecule has 84 valence electrons. The molecule has 0 radical (unpaired) electrons. The molecule has 0 aromatic carbocycles. The van der Waals surface area contributed by atoms with E-state index >= 15 is 0 Å². The third-order valence-corrected chi connectivity index (χ3v) is 2.20. The minimum Gasteiger partial charge on any atom is -0.475 e. The number of rotatable bonds is 5. The van der Waals surface area contributed by atoms with Crippen LogP contribution in [0, 0.1) is 0 Å². The Hall–Kier alpha value is -1.09. The van der Waals surface area contributed by atoms with Crippen molar-refractivity contribution in [2.24, 2.45) is 5.73 Å². The number of nitrogens with two attached hydrogens (primary N) is 1. The summed E-state index contributed by atoms with van der Waals surface area (Å²) in [6.45, 7) is 6.08. The third-order valence-electron chi connectivity index (χ3n) is 2.20. The molecule has 1 atom stereocenters. The number of nitrogens with zero attached hydrogens (tertiary/aromatic N) is 1. The van der Waals surface area contributed by atoms with E-state index in [0.29, 0.717) is 0 Å². The molecular formula is C12H20N2O. The Morgan fingerprint density at radius 3 is 2.80 bits per heavy atom. The van der Waals surface area contributed by atoms with Gasteiger partial charge < -0.3 is 10.5 Å². The monoisotopic (exact) mass is 208 g/mol. The summed E-state index contributed by atoms with van der Waals surface area (Å²) in [7, 11) is 0. The first-order valence-electron chi connectivity index (χ1n) is 5.49. The lowest BCUT2D eigenvalue weighted by Gasteiger charge is -2.14. The van der Waals surface area contributed by atoms with Gasteiger partial charge in [0.1, 0.15) is 0 Å². The smallest absolute Gasteiger partial charge is 0.216 e. The Morgan fingerprint density at radius 1 is 1.47 bits per heavy atom. The van der Waals surface area contributed by atoms with E-state index in [1.54, 1.807) is 6.20 Å². The summed E-state index contributed by atoms with van der Waals surface area (Å²) >= 11 is 0. The zero-order valence-electron chi connectivity index (χ0n) is 9.73. The van der Waals surface area contributed by atoms with Crippen molar-refractivity contribution in [3.8, 4) is 5.88 Å². The molecule has 0 amide bonds. The van der Waals surface area contributed by atoms with E-state index in [2.05, 4.69) is 11.9 Å². The average Bonchev–Trinajstić information content (AvgIpc) is 2.20. The van der Waals surface area contributed by atoms with E-state index in [1.807, 2.05) is 26.0 Å². The van der Waals surface area contributed by atoms with Crippen molar-refractivity contribution < 1.29 is 4.74 Å². The topological polar surface area (TPSA) is 48.1 Å². The normalized spacial score (nSPS) is 12.9. The van der Waals surface area contributed by atoms with E-state index in [0.717, 1.165) is 24.3 Å². The maximum absolute atomic E-state index is 5.92. The van der Waals surface area contributed by atoms with Crippen LogP contribution in [-0.2, 0) is 6.42 Å².